The summed E-state index contributed by atoms with van der Waals surface area (Å²) in [4.78, 5) is 12.7. The number of nitrogens with one attached hydrogen (secondary N) is 1. The van der Waals surface area contributed by atoms with Gasteiger partial charge in [-0.2, -0.15) is 5.26 Å². The van der Waals surface area contributed by atoms with Gasteiger partial charge < -0.3 is 5.32 Å². The van der Waals surface area contributed by atoms with Crippen LogP contribution in [0.5, 0.6) is 0 Å². The topological polar surface area (TPSA) is 52.9 Å². The molecular weight excluding hydrogens is 244 g/mol. The van der Waals surface area contributed by atoms with Gasteiger partial charge in [-0.1, -0.05) is 18.2 Å². The van der Waals surface area contributed by atoms with Crippen molar-refractivity contribution in [2.24, 2.45) is 0 Å². The first-order valence-corrected chi connectivity index (χ1v) is 6.44. The number of hydrogen-bond acceptors (Lipinski definition) is 3. The minimum atomic E-state index is -0.000175. The summed E-state index contributed by atoms with van der Waals surface area (Å²) in [7, 11) is 0. The van der Waals surface area contributed by atoms with Crippen molar-refractivity contribution in [1.82, 2.24) is 5.32 Å². The maximum Gasteiger partial charge on any atom is 0.225 e. The largest absolute Gasteiger partial charge is 0.352 e. The van der Waals surface area contributed by atoms with Crippen LogP contribution in [0.1, 0.15) is 16.0 Å². The standard InChI is InChI=1S/C14H12N2OS/c15-9-11-3-1-4-12(7-11)10-16-14(17)8-13-5-2-6-18-13/h1-7H,8,10H2,(H,16,17). The average molecular weight is 256 g/mol. The molecule has 1 N–H and O–H groups in total. The summed E-state index contributed by atoms with van der Waals surface area (Å²) in [5.41, 5.74) is 1.55. The molecule has 2 aromatic rings. The van der Waals surface area contributed by atoms with Crippen LogP contribution in [-0.2, 0) is 17.8 Å². The third kappa shape index (κ3) is 3.44. The molecule has 90 valence electrons. The third-order valence-electron chi connectivity index (χ3n) is 2.46. The molecule has 0 saturated carbocycles. The van der Waals surface area contributed by atoms with E-state index in [2.05, 4.69) is 11.4 Å². The van der Waals surface area contributed by atoms with Crippen LogP contribution in [-0.4, -0.2) is 5.91 Å². The van der Waals surface area contributed by atoms with E-state index in [0.29, 0.717) is 18.5 Å². The van der Waals surface area contributed by atoms with E-state index in [9.17, 15) is 4.79 Å². The molecule has 0 aliphatic heterocycles. The Bertz CT molecular complexity index is 570. The van der Waals surface area contributed by atoms with E-state index < -0.39 is 0 Å². The van der Waals surface area contributed by atoms with Gasteiger partial charge in [0.15, 0.2) is 0 Å². The van der Waals surface area contributed by atoms with Gasteiger partial charge in [-0.25, -0.2) is 0 Å². The van der Waals surface area contributed by atoms with Crippen molar-refractivity contribution < 1.29 is 4.79 Å². The van der Waals surface area contributed by atoms with Gasteiger partial charge in [0.25, 0.3) is 0 Å². The molecular formula is C14H12N2OS. The van der Waals surface area contributed by atoms with Gasteiger partial charge in [0.05, 0.1) is 18.1 Å². The first-order valence-electron chi connectivity index (χ1n) is 5.56. The fraction of sp³-hybridized carbons (Fsp3) is 0.143. The van der Waals surface area contributed by atoms with Crippen LogP contribution >= 0.6 is 11.3 Å². The summed E-state index contributed by atoms with van der Waals surface area (Å²) in [5.74, 6) is -0.000175. The molecule has 18 heavy (non-hydrogen) atoms. The third-order valence-corrected chi connectivity index (χ3v) is 3.34. The molecule has 3 nitrogen and oxygen atoms in total. The number of nitriles is 1. The maximum absolute atomic E-state index is 11.7. The van der Waals surface area contributed by atoms with E-state index in [1.54, 1.807) is 23.5 Å². The first kappa shape index (κ1) is 12.3. The van der Waals surface area contributed by atoms with Crippen molar-refractivity contribution in [3.8, 4) is 6.07 Å². The van der Waals surface area contributed by atoms with Crippen molar-refractivity contribution in [2.45, 2.75) is 13.0 Å². The molecule has 1 aromatic heterocycles. The van der Waals surface area contributed by atoms with Gasteiger partial charge in [-0.15, -0.1) is 11.3 Å². The van der Waals surface area contributed by atoms with Crippen molar-refractivity contribution >= 4 is 17.2 Å². The zero-order valence-electron chi connectivity index (χ0n) is 9.72. The van der Waals surface area contributed by atoms with Gasteiger partial charge >= 0.3 is 0 Å². The Balaban J connectivity index is 1.87. The smallest absolute Gasteiger partial charge is 0.225 e. The predicted molar refractivity (Wildman–Crippen MR) is 71.0 cm³/mol. The molecule has 2 rings (SSSR count). The summed E-state index contributed by atoms with van der Waals surface area (Å²) in [6.45, 7) is 0.458. The molecule has 1 amide bonds. The lowest BCUT2D eigenvalue weighted by Crippen LogP contribution is -2.24. The summed E-state index contributed by atoms with van der Waals surface area (Å²) in [6, 6.07) is 13.2. The molecule has 1 aromatic carbocycles. The van der Waals surface area contributed by atoms with Crippen LogP contribution in [0.2, 0.25) is 0 Å². The number of nitrogens with zero attached hydrogens (tertiary/aromatic N) is 1. The molecule has 0 fully saturated rings. The van der Waals surface area contributed by atoms with Gasteiger partial charge in [0, 0.05) is 11.4 Å². The molecule has 0 spiro atoms. The summed E-state index contributed by atoms with van der Waals surface area (Å²) >= 11 is 1.58. The normalized spacial score (nSPS) is 9.72. The van der Waals surface area contributed by atoms with Crippen LogP contribution in [0.15, 0.2) is 41.8 Å². The van der Waals surface area contributed by atoms with Gasteiger partial charge in [-0.05, 0) is 29.1 Å². The minimum absolute atomic E-state index is 0.000175. The Morgan fingerprint density at radius 1 is 1.33 bits per heavy atom. The molecule has 0 radical (unpaired) electrons. The number of benzene rings is 1. The summed E-state index contributed by atoms with van der Waals surface area (Å²) in [6.07, 6.45) is 0.412. The minimum Gasteiger partial charge on any atom is -0.352 e. The van der Waals surface area contributed by atoms with Crippen LogP contribution in [0.3, 0.4) is 0 Å². The molecule has 1 heterocycles. The Labute approximate surface area is 110 Å². The molecule has 0 saturated heterocycles. The van der Waals surface area contributed by atoms with Crippen molar-refractivity contribution in [3.05, 3.63) is 57.8 Å². The highest BCUT2D eigenvalue weighted by Gasteiger charge is 2.04. The summed E-state index contributed by atoms with van der Waals surface area (Å²) in [5, 5.41) is 13.6. The van der Waals surface area contributed by atoms with Crippen molar-refractivity contribution in [3.63, 3.8) is 0 Å². The van der Waals surface area contributed by atoms with Crippen molar-refractivity contribution in [1.29, 1.82) is 5.26 Å². The number of carbonyl (C=O) groups is 1. The Kier molecular flexibility index (Phi) is 4.11. The number of thiophene rings is 1. The second-order valence-corrected chi connectivity index (χ2v) is 4.88. The molecule has 0 aliphatic carbocycles. The van der Waals surface area contributed by atoms with E-state index in [4.69, 9.17) is 5.26 Å². The lowest BCUT2D eigenvalue weighted by Gasteiger charge is -2.04. The maximum atomic E-state index is 11.7. The monoisotopic (exact) mass is 256 g/mol. The fourth-order valence-electron chi connectivity index (χ4n) is 1.59. The zero-order valence-corrected chi connectivity index (χ0v) is 10.5. The number of amides is 1. The molecule has 0 aliphatic rings. The highest BCUT2D eigenvalue weighted by molar-refractivity contribution is 7.10. The number of hydrogen-bond donors (Lipinski definition) is 1. The summed E-state index contributed by atoms with van der Waals surface area (Å²) < 4.78 is 0. The fourth-order valence-corrected chi connectivity index (χ4v) is 2.29. The van der Waals surface area contributed by atoms with Gasteiger partial charge in [-0.3, -0.25) is 4.79 Å². The second-order valence-electron chi connectivity index (χ2n) is 3.85. The molecule has 4 heteroatoms. The van der Waals surface area contributed by atoms with E-state index in [1.165, 1.54) is 0 Å². The van der Waals surface area contributed by atoms with Crippen LogP contribution < -0.4 is 5.32 Å². The van der Waals surface area contributed by atoms with E-state index >= 15 is 0 Å². The van der Waals surface area contributed by atoms with Crippen LogP contribution in [0.4, 0.5) is 0 Å². The van der Waals surface area contributed by atoms with E-state index in [0.717, 1.165) is 10.4 Å². The Morgan fingerprint density at radius 2 is 2.22 bits per heavy atom. The van der Waals surface area contributed by atoms with Crippen LogP contribution in [0, 0.1) is 11.3 Å². The Hall–Kier alpha value is -2.12. The average Bonchev–Trinajstić information content (AvgIpc) is 2.89. The molecule has 0 atom stereocenters. The second kappa shape index (κ2) is 5.99. The molecule has 0 unspecified atom stereocenters. The van der Waals surface area contributed by atoms with Gasteiger partial charge in [0.2, 0.25) is 5.91 Å². The number of rotatable bonds is 4. The van der Waals surface area contributed by atoms with E-state index in [1.807, 2.05) is 29.6 Å². The van der Waals surface area contributed by atoms with Crippen molar-refractivity contribution in [2.75, 3.05) is 0 Å². The zero-order chi connectivity index (χ0) is 12.8. The highest BCUT2D eigenvalue weighted by Crippen LogP contribution is 2.09. The lowest BCUT2D eigenvalue weighted by molar-refractivity contribution is -0.120. The quantitative estimate of drug-likeness (QED) is 0.913. The number of carbonyl (C=O) groups excluding carboxylic acids is 1. The van der Waals surface area contributed by atoms with Gasteiger partial charge in [0.1, 0.15) is 0 Å². The van der Waals surface area contributed by atoms with Crippen LogP contribution in [0.25, 0.3) is 0 Å². The van der Waals surface area contributed by atoms with E-state index in [-0.39, 0.29) is 5.91 Å². The Morgan fingerprint density at radius 3 is 2.94 bits per heavy atom. The molecule has 0 bridgehead atoms. The lowest BCUT2D eigenvalue weighted by atomic mass is 10.1. The first-order chi connectivity index (χ1) is 8.78. The predicted octanol–water partition coefficient (Wildman–Crippen LogP) is 2.48. The highest BCUT2D eigenvalue weighted by atomic mass is 32.1. The SMILES string of the molecule is N#Cc1cccc(CNC(=O)Cc2cccs2)c1.